The number of nitrogens with two attached hydrogens (primary N) is 2. The van der Waals surface area contributed by atoms with Crippen molar-refractivity contribution >= 4 is 0 Å². The molecular formula is C4H8N8. The van der Waals surface area contributed by atoms with Gasteiger partial charge in [0, 0.05) is 0 Å². The number of rotatable bonds is 0. The average molecular weight is 168 g/mol. The second-order valence-corrected chi connectivity index (χ2v) is 1.77. The van der Waals surface area contributed by atoms with Crippen LogP contribution in [-0.4, -0.2) is 30.2 Å². The highest BCUT2D eigenvalue weighted by molar-refractivity contribution is 4.61. The number of hydrogen-bond donors (Lipinski definition) is 2. The molecule has 0 atom stereocenters. The number of nitrogen functional groups attached to an aromatic ring is 2. The Kier molecular flexibility index (Phi) is 2.60. The minimum absolute atomic E-state index is 1.14. The zero-order valence-corrected chi connectivity index (χ0v) is 6.15. The SMILES string of the molecule is Nn1ccnn1.Nn1ccnn1. The standard InChI is InChI=1S/2C2H4N4/c2*3-6-2-1-4-5-6/h2*1-2H,3H2. The maximum atomic E-state index is 5.02. The van der Waals surface area contributed by atoms with E-state index in [0.29, 0.717) is 0 Å². The summed E-state index contributed by atoms with van der Waals surface area (Å²) < 4.78 is 0. The topological polar surface area (TPSA) is 113 Å². The van der Waals surface area contributed by atoms with Crippen LogP contribution in [0.15, 0.2) is 24.8 Å². The lowest BCUT2D eigenvalue weighted by Gasteiger charge is -1.76. The second kappa shape index (κ2) is 3.91. The van der Waals surface area contributed by atoms with Gasteiger partial charge in [0.05, 0.1) is 24.8 Å². The lowest BCUT2D eigenvalue weighted by molar-refractivity contribution is 0.765. The fourth-order valence-corrected chi connectivity index (χ4v) is 0.435. The molecule has 0 unspecified atom stereocenters. The third-order valence-electron chi connectivity index (χ3n) is 0.882. The quantitative estimate of drug-likeness (QED) is 0.439. The molecule has 2 heterocycles. The molecule has 64 valence electrons. The van der Waals surface area contributed by atoms with Crippen molar-refractivity contribution in [1.82, 2.24) is 30.2 Å². The van der Waals surface area contributed by atoms with Gasteiger partial charge in [-0.05, 0) is 10.4 Å². The summed E-state index contributed by atoms with van der Waals surface area (Å²) in [4.78, 5) is 2.28. The van der Waals surface area contributed by atoms with Crippen LogP contribution in [0, 0.1) is 0 Å². The Morgan fingerprint density at radius 3 is 1.33 bits per heavy atom. The van der Waals surface area contributed by atoms with Gasteiger partial charge in [0.25, 0.3) is 0 Å². The van der Waals surface area contributed by atoms with Gasteiger partial charge in [0.2, 0.25) is 0 Å². The summed E-state index contributed by atoms with van der Waals surface area (Å²) in [5, 5.41) is 13.5. The van der Waals surface area contributed by atoms with Crippen molar-refractivity contribution in [3.05, 3.63) is 24.8 Å². The Labute approximate surface area is 67.7 Å². The second-order valence-electron chi connectivity index (χ2n) is 1.77. The maximum absolute atomic E-state index is 5.02. The summed E-state index contributed by atoms with van der Waals surface area (Å²) in [6.07, 6.45) is 6.14. The molecule has 8 heteroatoms. The molecule has 12 heavy (non-hydrogen) atoms. The maximum Gasteiger partial charge on any atom is 0.0715 e. The first-order valence-electron chi connectivity index (χ1n) is 3.02. The van der Waals surface area contributed by atoms with E-state index in [9.17, 15) is 0 Å². The highest BCUT2D eigenvalue weighted by Gasteiger charge is 1.71. The minimum atomic E-state index is 1.14. The van der Waals surface area contributed by atoms with E-state index < -0.39 is 0 Å². The molecule has 0 radical (unpaired) electrons. The third kappa shape index (κ3) is 2.64. The lowest BCUT2D eigenvalue weighted by atomic mass is 11.0. The van der Waals surface area contributed by atoms with E-state index in [1.54, 1.807) is 12.4 Å². The minimum Gasteiger partial charge on any atom is -0.322 e. The van der Waals surface area contributed by atoms with Gasteiger partial charge in [-0.25, -0.2) is 0 Å². The third-order valence-corrected chi connectivity index (χ3v) is 0.882. The van der Waals surface area contributed by atoms with Crippen molar-refractivity contribution < 1.29 is 0 Å². The van der Waals surface area contributed by atoms with Crippen molar-refractivity contribution in [3.63, 3.8) is 0 Å². The molecule has 0 aliphatic rings. The predicted molar refractivity (Wildman–Crippen MR) is 40.3 cm³/mol. The molecule has 4 N–H and O–H groups in total. The van der Waals surface area contributed by atoms with Crippen LogP contribution in [0.2, 0.25) is 0 Å². The molecule has 0 amide bonds. The molecule has 0 saturated carbocycles. The summed E-state index contributed by atoms with van der Waals surface area (Å²) >= 11 is 0. The van der Waals surface area contributed by atoms with E-state index in [1.807, 2.05) is 0 Å². The Bertz CT molecular complexity index is 250. The summed E-state index contributed by atoms with van der Waals surface area (Å²) in [7, 11) is 0. The van der Waals surface area contributed by atoms with Gasteiger partial charge in [-0.3, -0.25) is 0 Å². The van der Waals surface area contributed by atoms with E-state index in [1.165, 1.54) is 12.4 Å². The zero-order chi connectivity index (χ0) is 8.81. The molecule has 0 saturated heterocycles. The monoisotopic (exact) mass is 168 g/mol. The molecule has 0 aliphatic carbocycles. The van der Waals surface area contributed by atoms with Crippen LogP contribution >= 0.6 is 0 Å². The Hall–Kier alpha value is -2.12. The van der Waals surface area contributed by atoms with Crippen LogP contribution in [-0.2, 0) is 0 Å². The van der Waals surface area contributed by atoms with Gasteiger partial charge in [-0.2, -0.15) is 9.58 Å². The number of nitrogens with zero attached hydrogens (tertiary/aromatic N) is 6. The van der Waals surface area contributed by atoms with Gasteiger partial charge in [-0.15, -0.1) is 10.2 Å². The summed E-state index contributed by atoms with van der Waals surface area (Å²) in [5.74, 6) is 10.0. The highest BCUT2D eigenvalue weighted by atomic mass is 15.6. The lowest BCUT2D eigenvalue weighted by Crippen LogP contribution is -2.07. The van der Waals surface area contributed by atoms with Gasteiger partial charge in [0.1, 0.15) is 0 Å². The van der Waals surface area contributed by atoms with Gasteiger partial charge < -0.3 is 11.7 Å². The van der Waals surface area contributed by atoms with Gasteiger partial charge in [-0.1, -0.05) is 0 Å². The first-order valence-corrected chi connectivity index (χ1v) is 3.02. The average Bonchev–Trinajstić information content (AvgIpc) is 2.63. The summed E-state index contributed by atoms with van der Waals surface area (Å²) in [6.45, 7) is 0. The number of aromatic nitrogens is 6. The number of hydrogen-bond acceptors (Lipinski definition) is 6. The van der Waals surface area contributed by atoms with Crippen molar-refractivity contribution in [2.75, 3.05) is 11.7 Å². The van der Waals surface area contributed by atoms with Crippen LogP contribution in [0.3, 0.4) is 0 Å². The fraction of sp³-hybridized carbons (Fsp3) is 0. The first-order chi connectivity index (χ1) is 5.79. The molecule has 2 aromatic heterocycles. The van der Waals surface area contributed by atoms with E-state index in [-0.39, 0.29) is 0 Å². The van der Waals surface area contributed by atoms with E-state index in [0.717, 1.165) is 9.58 Å². The van der Waals surface area contributed by atoms with Gasteiger partial charge in [0.15, 0.2) is 0 Å². The van der Waals surface area contributed by atoms with E-state index >= 15 is 0 Å². The normalized spacial score (nSPS) is 8.67. The van der Waals surface area contributed by atoms with Crippen LogP contribution < -0.4 is 11.7 Å². The molecule has 8 nitrogen and oxygen atoms in total. The molecular weight excluding hydrogens is 160 g/mol. The Morgan fingerprint density at radius 1 is 0.833 bits per heavy atom. The molecule has 2 rings (SSSR count). The predicted octanol–water partition coefficient (Wildman–Crippen LogP) is -2.02. The molecule has 2 aromatic rings. The highest BCUT2D eigenvalue weighted by Crippen LogP contribution is 1.62. The Balaban J connectivity index is 0.000000120. The Morgan fingerprint density at radius 2 is 1.25 bits per heavy atom. The van der Waals surface area contributed by atoms with E-state index in [2.05, 4.69) is 20.6 Å². The summed E-state index contributed by atoms with van der Waals surface area (Å²) in [5.41, 5.74) is 0. The van der Waals surface area contributed by atoms with Crippen LogP contribution in [0.25, 0.3) is 0 Å². The molecule has 0 bridgehead atoms. The molecule has 0 aliphatic heterocycles. The van der Waals surface area contributed by atoms with Crippen molar-refractivity contribution in [3.8, 4) is 0 Å². The molecule has 0 fully saturated rings. The first kappa shape index (κ1) is 7.98. The molecule has 0 aromatic carbocycles. The van der Waals surface area contributed by atoms with Crippen LogP contribution in [0.4, 0.5) is 0 Å². The molecule has 0 spiro atoms. The fourth-order valence-electron chi connectivity index (χ4n) is 0.435. The van der Waals surface area contributed by atoms with Crippen LogP contribution in [0.5, 0.6) is 0 Å². The van der Waals surface area contributed by atoms with Gasteiger partial charge >= 0.3 is 0 Å². The van der Waals surface area contributed by atoms with Crippen molar-refractivity contribution in [1.29, 1.82) is 0 Å². The summed E-state index contributed by atoms with van der Waals surface area (Å²) in [6, 6.07) is 0. The smallest absolute Gasteiger partial charge is 0.0715 e. The largest absolute Gasteiger partial charge is 0.322 e. The van der Waals surface area contributed by atoms with Crippen molar-refractivity contribution in [2.24, 2.45) is 0 Å². The van der Waals surface area contributed by atoms with Crippen molar-refractivity contribution in [2.45, 2.75) is 0 Å². The van der Waals surface area contributed by atoms with Crippen LogP contribution in [0.1, 0.15) is 0 Å². The zero-order valence-electron chi connectivity index (χ0n) is 6.15. The van der Waals surface area contributed by atoms with E-state index in [4.69, 9.17) is 11.7 Å².